The topological polar surface area (TPSA) is 81.7 Å². The minimum Gasteiger partial charge on any atom is -0.493 e. The van der Waals surface area contributed by atoms with Crippen LogP contribution in [0.2, 0.25) is 0 Å². The fourth-order valence-corrected chi connectivity index (χ4v) is 2.77. The number of carbonyl (C=O) groups excluding carboxylic acids is 1. The first-order chi connectivity index (χ1) is 12.7. The fourth-order valence-electron chi connectivity index (χ4n) is 2.77. The second kappa shape index (κ2) is 8.53. The predicted molar refractivity (Wildman–Crippen MR) is 99.2 cm³/mol. The van der Waals surface area contributed by atoms with E-state index in [2.05, 4.69) is 15.6 Å². The Morgan fingerprint density at radius 2 is 2.08 bits per heavy atom. The number of aromatic nitrogens is 1. The lowest BCUT2D eigenvalue weighted by atomic mass is 10.2. The monoisotopic (exact) mass is 357 g/mol. The minimum atomic E-state index is -0.240. The van der Waals surface area contributed by atoms with Crippen molar-refractivity contribution in [2.24, 2.45) is 0 Å². The summed E-state index contributed by atoms with van der Waals surface area (Å²) in [5, 5.41) is 6.06. The summed E-state index contributed by atoms with van der Waals surface area (Å²) in [6.45, 7) is 1.55. The van der Waals surface area contributed by atoms with Gasteiger partial charge in [-0.05, 0) is 37.1 Å². The van der Waals surface area contributed by atoms with E-state index in [1.165, 1.54) is 0 Å². The highest BCUT2D eigenvalue weighted by molar-refractivity contribution is 6.04. The lowest BCUT2D eigenvalue weighted by Crippen LogP contribution is -2.19. The molecule has 1 aliphatic rings. The molecule has 0 radical (unpaired) electrons. The molecule has 1 unspecified atom stereocenters. The molecular formula is C19H23N3O4. The van der Waals surface area contributed by atoms with E-state index in [-0.39, 0.29) is 12.0 Å². The van der Waals surface area contributed by atoms with Crippen molar-refractivity contribution < 1.29 is 19.0 Å². The van der Waals surface area contributed by atoms with Gasteiger partial charge in [0.25, 0.3) is 5.91 Å². The number of benzene rings is 1. The molecule has 1 aromatic heterocycles. The van der Waals surface area contributed by atoms with Gasteiger partial charge in [0, 0.05) is 31.1 Å². The van der Waals surface area contributed by atoms with Crippen molar-refractivity contribution in [1.82, 2.24) is 4.98 Å². The van der Waals surface area contributed by atoms with Crippen LogP contribution in [0.4, 0.5) is 11.5 Å². The first-order valence-electron chi connectivity index (χ1n) is 8.54. The number of pyridine rings is 1. The second-order valence-electron chi connectivity index (χ2n) is 5.97. The molecule has 1 aromatic carbocycles. The van der Waals surface area contributed by atoms with Crippen LogP contribution in [-0.4, -0.2) is 44.4 Å². The van der Waals surface area contributed by atoms with Gasteiger partial charge in [0.2, 0.25) is 0 Å². The van der Waals surface area contributed by atoms with E-state index in [1.54, 1.807) is 50.7 Å². The maximum atomic E-state index is 12.4. The van der Waals surface area contributed by atoms with Gasteiger partial charge in [-0.1, -0.05) is 0 Å². The van der Waals surface area contributed by atoms with Crippen LogP contribution < -0.4 is 20.1 Å². The molecular weight excluding hydrogens is 334 g/mol. The Hall–Kier alpha value is -2.80. The third kappa shape index (κ3) is 4.43. The summed E-state index contributed by atoms with van der Waals surface area (Å²) < 4.78 is 16.0. The quantitative estimate of drug-likeness (QED) is 0.793. The second-order valence-corrected chi connectivity index (χ2v) is 5.97. The number of methoxy groups -OCH3 is 2. The van der Waals surface area contributed by atoms with Crippen LogP contribution in [0, 0.1) is 0 Å². The third-order valence-corrected chi connectivity index (χ3v) is 4.20. The molecule has 2 N–H and O–H groups in total. The van der Waals surface area contributed by atoms with E-state index in [1.807, 2.05) is 0 Å². The molecule has 3 rings (SSSR count). The van der Waals surface area contributed by atoms with Gasteiger partial charge >= 0.3 is 0 Å². The molecule has 0 bridgehead atoms. The Morgan fingerprint density at radius 1 is 1.23 bits per heavy atom. The number of rotatable bonds is 7. The zero-order valence-electron chi connectivity index (χ0n) is 15.0. The zero-order chi connectivity index (χ0) is 18.4. The zero-order valence-corrected chi connectivity index (χ0v) is 15.0. The van der Waals surface area contributed by atoms with E-state index in [9.17, 15) is 4.79 Å². The van der Waals surface area contributed by atoms with Crippen molar-refractivity contribution in [3.05, 3.63) is 42.1 Å². The number of nitrogens with zero attached hydrogens (tertiary/aromatic N) is 1. The molecule has 0 saturated carbocycles. The summed E-state index contributed by atoms with van der Waals surface area (Å²) in [5.74, 6) is 1.64. The smallest absolute Gasteiger partial charge is 0.257 e. The number of hydrogen-bond donors (Lipinski definition) is 2. The maximum absolute atomic E-state index is 12.4. The molecule has 0 aliphatic carbocycles. The van der Waals surface area contributed by atoms with Crippen molar-refractivity contribution in [2.75, 3.05) is 38.0 Å². The first-order valence-corrected chi connectivity index (χ1v) is 8.54. The van der Waals surface area contributed by atoms with E-state index in [4.69, 9.17) is 14.2 Å². The van der Waals surface area contributed by atoms with E-state index < -0.39 is 0 Å². The van der Waals surface area contributed by atoms with Gasteiger partial charge in [0.15, 0.2) is 11.5 Å². The molecule has 1 aliphatic heterocycles. The van der Waals surface area contributed by atoms with Crippen LogP contribution in [0.25, 0.3) is 0 Å². The first kappa shape index (κ1) is 18.0. The summed E-state index contributed by atoms with van der Waals surface area (Å²) in [5.41, 5.74) is 1.09. The van der Waals surface area contributed by atoms with Crippen LogP contribution >= 0.6 is 0 Å². The van der Waals surface area contributed by atoms with Gasteiger partial charge in [-0.25, -0.2) is 4.98 Å². The van der Waals surface area contributed by atoms with Crippen LogP contribution in [0.15, 0.2) is 36.5 Å². The SMILES string of the molecule is COc1ccc(NC(=O)c2ccc(NCC3CCCO3)nc2)cc1OC. The fraction of sp³-hybridized carbons (Fsp3) is 0.368. The summed E-state index contributed by atoms with van der Waals surface area (Å²) in [7, 11) is 3.12. The molecule has 1 saturated heterocycles. The highest BCUT2D eigenvalue weighted by Gasteiger charge is 2.15. The number of ether oxygens (including phenoxy) is 3. The van der Waals surface area contributed by atoms with E-state index in [0.29, 0.717) is 22.7 Å². The third-order valence-electron chi connectivity index (χ3n) is 4.20. The number of carbonyl (C=O) groups is 1. The van der Waals surface area contributed by atoms with Crippen molar-refractivity contribution in [1.29, 1.82) is 0 Å². The molecule has 2 aromatic rings. The summed E-state index contributed by atoms with van der Waals surface area (Å²) in [4.78, 5) is 16.7. The number of nitrogens with one attached hydrogen (secondary N) is 2. The highest BCUT2D eigenvalue weighted by Crippen LogP contribution is 2.29. The Balaban J connectivity index is 1.59. The Morgan fingerprint density at radius 3 is 2.73 bits per heavy atom. The normalized spacial score (nSPS) is 16.2. The van der Waals surface area contributed by atoms with E-state index >= 15 is 0 Å². The number of anilines is 2. The average molecular weight is 357 g/mol. The van der Waals surface area contributed by atoms with Gasteiger partial charge in [-0.2, -0.15) is 0 Å². The number of hydrogen-bond acceptors (Lipinski definition) is 6. The van der Waals surface area contributed by atoms with Gasteiger partial charge in [0.05, 0.1) is 25.9 Å². The molecule has 1 amide bonds. The molecule has 138 valence electrons. The molecule has 7 nitrogen and oxygen atoms in total. The summed E-state index contributed by atoms with van der Waals surface area (Å²) in [6, 6.07) is 8.73. The lowest BCUT2D eigenvalue weighted by Gasteiger charge is -2.12. The van der Waals surface area contributed by atoms with Gasteiger partial charge in [-0.15, -0.1) is 0 Å². The molecule has 2 heterocycles. The van der Waals surface area contributed by atoms with Crippen molar-refractivity contribution in [3.63, 3.8) is 0 Å². The number of amides is 1. The molecule has 7 heteroatoms. The van der Waals surface area contributed by atoms with Crippen LogP contribution in [-0.2, 0) is 4.74 Å². The largest absolute Gasteiger partial charge is 0.493 e. The molecule has 26 heavy (non-hydrogen) atoms. The standard InChI is InChI=1S/C19H23N3O4/c1-24-16-7-6-14(10-17(16)25-2)22-19(23)13-5-8-18(20-11-13)21-12-15-4-3-9-26-15/h5-8,10-11,15H,3-4,9,12H2,1-2H3,(H,20,21)(H,22,23). The van der Waals surface area contributed by atoms with Gasteiger partial charge < -0.3 is 24.8 Å². The van der Waals surface area contributed by atoms with Gasteiger partial charge in [-0.3, -0.25) is 4.79 Å². The van der Waals surface area contributed by atoms with Gasteiger partial charge in [0.1, 0.15) is 5.82 Å². The van der Waals surface area contributed by atoms with Crippen LogP contribution in [0.3, 0.4) is 0 Å². The summed E-state index contributed by atoms with van der Waals surface area (Å²) >= 11 is 0. The average Bonchev–Trinajstić information content (AvgIpc) is 3.20. The lowest BCUT2D eigenvalue weighted by molar-refractivity contribution is 0.102. The van der Waals surface area contributed by atoms with E-state index in [0.717, 1.165) is 31.8 Å². The highest BCUT2D eigenvalue weighted by atomic mass is 16.5. The predicted octanol–water partition coefficient (Wildman–Crippen LogP) is 2.94. The maximum Gasteiger partial charge on any atom is 0.257 e. The minimum absolute atomic E-state index is 0.240. The van der Waals surface area contributed by atoms with Crippen molar-refractivity contribution in [3.8, 4) is 11.5 Å². The Bertz CT molecular complexity index is 743. The Labute approximate surface area is 152 Å². The molecule has 1 atom stereocenters. The van der Waals surface area contributed by atoms with Crippen molar-refractivity contribution >= 4 is 17.4 Å². The molecule has 1 fully saturated rings. The Kier molecular flexibility index (Phi) is 5.91. The molecule has 0 spiro atoms. The van der Waals surface area contributed by atoms with Crippen molar-refractivity contribution in [2.45, 2.75) is 18.9 Å². The van der Waals surface area contributed by atoms with Crippen LogP contribution in [0.1, 0.15) is 23.2 Å². The van der Waals surface area contributed by atoms with Crippen LogP contribution in [0.5, 0.6) is 11.5 Å². The summed E-state index contributed by atoms with van der Waals surface area (Å²) in [6.07, 6.45) is 3.96.